The van der Waals surface area contributed by atoms with Crippen LogP contribution in [0, 0.1) is 0 Å². The maximum absolute atomic E-state index is 5.91. The van der Waals surface area contributed by atoms with Crippen molar-refractivity contribution in [1.82, 2.24) is 0 Å². The van der Waals surface area contributed by atoms with Crippen LogP contribution in [0.5, 0.6) is 0 Å². The molecule has 2 aromatic rings. The first kappa shape index (κ1) is 13.2. The van der Waals surface area contributed by atoms with E-state index in [-0.39, 0.29) is 6.92 Å². The number of hydrogen-bond acceptors (Lipinski definition) is 2. The van der Waals surface area contributed by atoms with E-state index < -0.39 is 0 Å². The van der Waals surface area contributed by atoms with Crippen molar-refractivity contribution >= 4 is 29.4 Å². The molecule has 0 aliphatic rings. The molecule has 0 aromatic heterocycles. The van der Waals surface area contributed by atoms with Crippen molar-refractivity contribution in [3.05, 3.63) is 59.6 Å². The minimum atomic E-state index is -0.0907. The van der Waals surface area contributed by atoms with E-state index >= 15 is 0 Å². The van der Waals surface area contributed by atoms with E-state index in [2.05, 4.69) is 12.1 Å². The zero-order valence-corrected chi connectivity index (χ0v) is 10.8. The lowest BCUT2D eigenvalue weighted by atomic mass is 9.55. The SMILES string of the molecule is NCCOB(c1ccccc1)c1ccc(Cl)cc1. The van der Waals surface area contributed by atoms with Gasteiger partial charge in [-0.05, 0) is 23.1 Å². The zero-order chi connectivity index (χ0) is 12.8. The van der Waals surface area contributed by atoms with E-state index in [0.717, 1.165) is 15.9 Å². The Kier molecular flexibility index (Phi) is 4.82. The van der Waals surface area contributed by atoms with E-state index in [9.17, 15) is 0 Å². The summed E-state index contributed by atoms with van der Waals surface area (Å²) in [5.74, 6) is 0. The third-order valence-corrected chi connectivity index (χ3v) is 2.93. The molecule has 0 atom stereocenters. The summed E-state index contributed by atoms with van der Waals surface area (Å²) >= 11 is 5.91. The molecule has 0 bridgehead atoms. The van der Waals surface area contributed by atoms with Gasteiger partial charge in [-0.3, -0.25) is 0 Å². The summed E-state index contributed by atoms with van der Waals surface area (Å²) in [6.45, 7) is 0.950. The van der Waals surface area contributed by atoms with Crippen molar-refractivity contribution < 1.29 is 4.65 Å². The van der Waals surface area contributed by atoms with Gasteiger partial charge >= 0.3 is 6.92 Å². The molecule has 0 saturated heterocycles. The first-order valence-corrected chi connectivity index (χ1v) is 6.31. The van der Waals surface area contributed by atoms with Gasteiger partial charge in [0, 0.05) is 18.2 Å². The molecule has 18 heavy (non-hydrogen) atoms. The van der Waals surface area contributed by atoms with Gasteiger partial charge in [-0.15, -0.1) is 0 Å². The first-order chi connectivity index (χ1) is 8.81. The first-order valence-electron chi connectivity index (χ1n) is 5.93. The summed E-state index contributed by atoms with van der Waals surface area (Å²) in [6, 6.07) is 17.8. The lowest BCUT2D eigenvalue weighted by Crippen LogP contribution is -2.45. The van der Waals surface area contributed by atoms with Gasteiger partial charge in [0.05, 0.1) is 0 Å². The topological polar surface area (TPSA) is 35.2 Å². The van der Waals surface area contributed by atoms with Gasteiger partial charge in [0.2, 0.25) is 0 Å². The third-order valence-electron chi connectivity index (χ3n) is 2.68. The molecule has 2 N–H and O–H groups in total. The molecule has 0 unspecified atom stereocenters. The Morgan fingerprint density at radius 2 is 1.56 bits per heavy atom. The van der Waals surface area contributed by atoms with Gasteiger partial charge in [0.1, 0.15) is 0 Å². The van der Waals surface area contributed by atoms with Gasteiger partial charge in [0.15, 0.2) is 0 Å². The van der Waals surface area contributed by atoms with Crippen LogP contribution in [0.15, 0.2) is 54.6 Å². The second-order valence-electron chi connectivity index (χ2n) is 4.00. The highest BCUT2D eigenvalue weighted by molar-refractivity contribution is 6.80. The zero-order valence-electron chi connectivity index (χ0n) is 10.1. The minimum Gasteiger partial charge on any atom is -0.426 e. The van der Waals surface area contributed by atoms with Crippen LogP contribution in [-0.4, -0.2) is 20.1 Å². The Morgan fingerprint density at radius 3 is 2.17 bits per heavy atom. The van der Waals surface area contributed by atoms with E-state index in [1.54, 1.807) is 0 Å². The lowest BCUT2D eigenvalue weighted by Gasteiger charge is -2.14. The summed E-state index contributed by atoms with van der Waals surface area (Å²) in [4.78, 5) is 0. The lowest BCUT2D eigenvalue weighted by molar-refractivity contribution is 0.344. The summed E-state index contributed by atoms with van der Waals surface area (Å²) in [6.07, 6.45) is 0. The second kappa shape index (κ2) is 6.59. The predicted molar refractivity (Wildman–Crippen MR) is 77.9 cm³/mol. The highest BCUT2D eigenvalue weighted by Crippen LogP contribution is 2.05. The molecule has 0 aliphatic heterocycles. The van der Waals surface area contributed by atoms with Crippen molar-refractivity contribution in [2.75, 3.05) is 13.2 Å². The molecule has 0 heterocycles. The van der Waals surface area contributed by atoms with Crippen LogP contribution >= 0.6 is 11.6 Å². The van der Waals surface area contributed by atoms with Crippen molar-refractivity contribution in [1.29, 1.82) is 0 Å². The quantitative estimate of drug-likeness (QED) is 0.825. The van der Waals surface area contributed by atoms with E-state index in [1.165, 1.54) is 0 Å². The molecule has 92 valence electrons. The molecule has 0 aliphatic carbocycles. The van der Waals surface area contributed by atoms with Crippen LogP contribution in [0.1, 0.15) is 0 Å². The molecular formula is C14H15BClNO. The number of benzene rings is 2. The standard InChI is InChI=1S/C14H15BClNO/c16-14-8-6-13(7-9-14)15(18-11-10-17)12-4-2-1-3-5-12/h1-9H,10-11,17H2. The Balaban J connectivity index is 2.27. The van der Waals surface area contributed by atoms with Gasteiger partial charge in [-0.25, -0.2) is 0 Å². The monoisotopic (exact) mass is 259 g/mol. The molecule has 2 aromatic carbocycles. The highest BCUT2D eigenvalue weighted by atomic mass is 35.5. The molecule has 0 spiro atoms. The summed E-state index contributed by atoms with van der Waals surface area (Å²) < 4.78 is 5.84. The fourth-order valence-electron chi connectivity index (χ4n) is 1.84. The summed E-state index contributed by atoms with van der Waals surface area (Å²) in [7, 11) is 0. The van der Waals surface area contributed by atoms with Crippen molar-refractivity contribution in [3.63, 3.8) is 0 Å². The van der Waals surface area contributed by atoms with E-state index in [0.29, 0.717) is 13.2 Å². The Morgan fingerprint density at radius 1 is 0.944 bits per heavy atom. The van der Waals surface area contributed by atoms with Crippen molar-refractivity contribution in [2.45, 2.75) is 0 Å². The Hall–Kier alpha value is -1.29. The molecular weight excluding hydrogens is 244 g/mol. The van der Waals surface area contributed by atoms with Crippen LogP contribution < -0.4 is 16.7 Å². The highest BCUT2D eigenvalue weighted by Gasteiger charge is 2.20. The molecule has 2 rings (SSSR count). The summed E-state index contributed by atoms with van der Waals surface area (Å²) in [5, 5.41) is 0.726. The Labute approximate surface area is 113 Å². The number of nitrogens with two attached hydrogens (primary N) is 1. The molecule has 4 heteroatoms. The minimum absolute atomic E-state index is 0.0907. The average molecular weight is 260 g/mol. The fraction of sp³-hybridized carbons (Fsp3) is 0.143. The van der Waals surface area contributed by atoms with Gasteiger partial charge in [0.25, 0.3) is 0 Å². The molecule has 0 amide bonds. The van der Waals surface area contributed by atoms with Crippen LogP contribution in [-0.2, 0) is 4.65 Å². The number of halogens is 1. The smallest absolute Gasteiger partial charge is 0.361 e. The van der Waals surface area contributed by atoms with E-state index in [4.69, 9.17) is 22.0 Å². The van der Waals surface area contributed by atoms with Crippen LogP contribution in [0.2, 0.25) is 5.02 Å². The van der Waals surface area contributed by atoms with Crippen LogP contribution in [0.4, 0.5) is 0 Å². The average Bonchev–Trinajstić information content (AvgIpc) is 2.42. The summed E-state index contributed by atoms with van der Waals surface area (Å²) in [5.41, 5.74) is 7.71. The second-order valence-corrected chi connectivity index (χ2v) is 4.44. The molecule has 0 radical (unpaired) electrons. The van der Waals surface area contributed by atoms with Gasteiger partial charge in [-0.1, -0.05) is 54.1 Å². The fourth-order valence-corrected chi connectivity index (χ4v) is 1.96. The number of rotatable bonds is 5. The molecule has 0 fully saturated rings. The maximum Gasteiger partial charge on any atom is 0.361 e. The normalized spacial score (nSPS) is 10.3. The predicted octanol–water partition coefficient (Wildman–Crippen LogP) is 1.42. The van der Waals surface area contributed by atoms with Crippen molar-refractivity contribution in [3.8, 4) is 0 Å². The Bertz CT molecular complexity index is 475. The number of hydrogen-bond donors (Lipinski definition) is 1. The molecule has 0 saturated carbocycles. The van der Waals surface area contributed by atoms with Gasteiger partial charge in [-0.2, -0.15) is 0 Å². The van der Waals surface area contributed by atoms with E-state index in [1.807, 2.05) is 42.5 Å². The van der Waals surface area contributed by atoms with Crippen LogP contribution in [0.25, 0.3) is 0 Å². The molecule has 2 nitrogen and oxygen atoms in total. The van der Waals surface area contributed by atoms with Crippen LogP contribution in [0.3, 0.4) is 0 Å². The maximum atomic E-state index is 5.91. The third kappa shape index (κ3) is 3.36. The van der Waals surface area contributed by atoms with Crippen molar-refractivity contribution in [2.24, 2.45) is 5.73 Å². The van der Waals surface area contributed by atoms with Gasteiger partial charge < -0.3 is 10.4 Å². The largest absolute Gasteiger partial charge is 0.426 e.